The molecule has 0 bridgehead atoms. The van der Waals surface area contributed by atoms with Gasteiger partial charge in [0.1, 0.15) is 5.52 Å². The summed E-state index contributed by atoms with van der Waals surface area (Å²) in [6.07, 6.45) is 3.76. The third-order valence-electron chi connectivity index (χ3n) is 3.47. The van der Waals surface area contributed by atoms with Crippen molar-refractivity contribution in [1.82, 2.24) is 4.98 Å². The van der Waals surface area contributed by atoms with Gasteiger partial charge in [-0.2, -0.15) is 0 Å². The maximum atomic E-state index is 5.87. The van der Waals surface area contributed by atoms with Crippen molar-refractivity contribution in [3.63, 3.8) is 0 Å². The van der Waals surface area contributed by atoms with E-state index < -0.39 is 0 Å². The molecule has 3 rings (SSSR count). The first-order valence-corrected chi connectivity index (χ1v) is 6.90. The van der Waals surface area contributed by atoms with Crippen LogP contribution in [0, 0.1) is 0 Å². The second-order valence-electron chi connectivity index (χ2n) is 4.82. The molecular formula is C18H17NO. The Morgan fingerprint density at radius 2 is 2.05 bits per heavy atom. The maximum Gasteiger partial charge on any atom is 0.227 e. The lowest BCUT2D eigenvalue weighted by Crippen LogP contribution is -1.91. The summed E-state index contributed by atoms with van der Waals surface area (Å²) in [7, 11) is 0. The minimum Gasteiger partial charge on any atom is -0.436 e. The second-order valence-corrected chi connectivity index (χ2v) is 4.82. The molecule has 0 amide bonds. The summed E-state index contributed by atoms with van der Waals surface area (Å²) in [4.78, 5) is 4.58. The molecule has 0 radical (unpaired) electrons. The van der Waals surface area contributed by atoms with E-state index in [2.05, 4.69) is 36.7 Å². The molecule has 2 aromatic carbocycles. The maximum absolute atomic E-state index is 5.87. The fourth-order valence-electron chi connectivity index (χ4n) is 2.39. The van der Waals surface area contributed by atoms with Gasteiger partial charge in [0, 0.05) is 5.56 Å². The highest BCUT2D eigenvalue weighted by Gasteiger charge is 2.11. The lowest BCUT2D eigenvalue weighted by molar-refractivity contribution is 0.619. The van der Waals surface area contributed by atoms with Gasteiger partial charge in [0.15, 0.2) is 5.58 Å². The molecule has 20 heavy (non-hydrogen) atoms. The van der Waals surface area contributed by atoms with E-state index in [9.17, 15) is 0 Å². The van der Waals surface area contributed by atoms with Crippen LogP contribution in [0.3, 0.4) is 0 Å². The van der Waals surface area contributed by atoms with Gasteiger partial charge >= 0.3 is 0 Å². The Morgan fingerprint density at radius 1 is 1.20 bits per heavy atom. The van der Waals surface area contributed by atoms with E-state index in [4.69, 9.17) is 4.42 Å². The molecule has 0 atom stereocenters. The topological polar surface area (TPSA) is 26.0 Å². The summed E-state index contributed by atoms with van der Waals surface area (Å²) in [6.45, 7) is 6.00. The first-order chi connectivity index (χ1) is 9.81. The van der Waals surface area contributed by atoms with Gasteiger partial charge in [-0.25, -0.2) is 4.98 Å². The van der Waals surface area contributed by atoms with E-state index >= 15 is 0 Å². The normalized spacial score (nSPS) is 10.8. The molecule has 0 saturated carbocycles. The van der Waals surface area contributed by atoms with Crippen LogP contribution in [0.25, 0.3) is 22.6 Å². The molecular weight excluding hydrogens is 246 g/mol. The molecule has 0 aliphatic carbocycles. The smallest absolute Gasteiger partial charge is 0.227 e. The van der Waals surface area contributed by atoms with Crippen LogP contribution in [0.1, 0.15) is 18.1 Å². The third kappa shape index (κ3) is 2.25. The van der Waals surface area contributed by atoms with Gasteiger partial charge in [-0.1, -0.05) is 37.3 Å². The first-order valence-electron chi connectivity index (χ1n) is 6.90. The van der Waals surface area contributed by atoms with Gasteiger partial charge in [0.05, 0.1) is 0 Å². The van der Waals surface area contributed by atoms with E-state index in [1.54, 1.807) is 0 Å². The minimum absolute atomic E-state index is 0.686. The molecule has 100 valence electrons. The molecule has 2 nitrogen and oxygen atoms in total. The Bertz CT molecular complexity index is 722. The molecule has 0 aliphatic rings. The van der Waals surface area contributed by atoms with Crippen molar-refractivity contribution in [3.8, 4) is 11.5 Å². The van der Waals surface area contributed by atoms with Crippen molar-refractivity contribution in [2.45, 2.75) is 19.8 Å². The number of aryl methyl sites for hydroxylation is 1. The first kappa shape index (κ1) is 12.7. The number of benzene rings is 2. The van der Waals surface area contributed by atoms with Crippen molar-refractivity contribution >= 4 is 11.1 Å². The molecule has 1 aromatic heterocycles. The fraction of sp³-hybridized carbons (Fsp3) is 0.167. The van der Waals surface area contributed by atoms with Crippen LogP contribution >= 0.6 is 0 Å². The predicted molar refractivity (Wildman–Crippen MR) is 82.7 cm³/mol. The van der Waals surface area contributed by atoms with Crippen LogP contribution in [0.2, 0.25) is 0 Å². The summed E-state index contributed by atoms with van der Waals surface area (Å²) >= 11 is 0. The zero-order valence-electron chi connectivity index (χ0n) is 11.6. The number of nitrogens with zero attached hydrogens (tertiary/aromatic N) is 1. The molecule has 0 spiro atoms. The highest BCUT2D eigenvalue weighted by atomic mass is 16.3. The Hall–Kier alpha value is -2.35. The average molecular weight is 263 g/mol. The Kier molecular flexibility index (Phi) is 3.38. The van der Waals surface area contributed by atoms with Crippen LogP contribution in [-0.2, 0) is 12.8 Å². The van der Waals surface area contributed by atoms with Gasteiger partial charge in [0.25, 0.3) is 0 Å². The molecule has 0 saturated heterocycles. The molecule has 1 heterocycles. The van der Waals surface area contributed by atoms with Crippen molar-refractivity contribution < 1.29 is 4.42 Å². The lowest BCUT2D eigenvalue weighted by atomic mass is 10.00. The molecule has 0 unspecified atom stereocenters. The monoisotopic (exact) mass is 263 g/mol. The largest absolute Gasteiger partial charge is 0.436 e. The summed E-state index contributed by atoms with van der Waals surface area (Å²) in [5.74, 6) is 0.686. The number of para-hydroxylation sites is 2. The van der Waals surface area contributed by atoms with Gasteiger partial charge in [0.2, 0.25) is 5.89 Å². The van der Waals surface area contributed by atoms with Crippen molar-refractivity contribution in [1.29, 1.82) is 0 Å². The van der Waals surface area contributed by atoms with Gasteiger partial charge in [-0.15, -0.1) is 6.58 Å². The minimum atomic E-state index is 0.686. The van der Waals surface area contributed by atoms with Crippen LogP contribution in [0.15, 0.2) is 59.5 Å². The number of hydrogen-bond acceptors (Lipinski definition) is 2. The molecule has 3 aromatic rings. The summed E-state index contributed by atoms with van der Waals surface area (Å²) in [5.41, 5.74) is 5.31. The molecule has 0 aliphatic heterocycles. The summed E-state index contributed by atoms with van der Waals surface area (Å²) in [5, 5.41) is 0. The number of aromatic nitrogens is 1. The van der Waals surface area contributed by atoms with Crippen LogP contribution < -0.4 is 0 Å². The number of oxazole rings is 1. The Labute approximate surface area is 118 Å². The predicted octanol–water partition coefficient (Wildman–Crippen LogP) is 4.79. The molecule has 0 fully saturated rings. The number of allylic oxidation sites excluding steroid dienone is 1. The third-order valence-corrected chi connectivity index (χ3v) is 3.47. The van der Waals surface area contributed by atoms with Crippen molar-refractivity contribution in [2.75, 3.05) is 0 Å². The summed E-state index contributed by atoms with van der Waals surface area (Å²) < 4.78 is 5.87. The zero-order valence-corrected chi connectivity index (χ0v) is 11.6. The van der Waals surface area contributed by atoms with Crippen LogP contribution in [0.5, 0.6) is 0 Å². The Morgan fingerprint density at radius 3 is 2.80 bits per heavy atom. The van der Waals surface area contributed by atoms with E-state index in [1.807, 2.05) is 30.3 Å². The Balaban J connectivity index is 2.14. The number of rotatable bonds is 4. The summed E-state index contributed by atoms with van der Waals surface area (Å²) in [6, 6.07) is 14.3. The van der Waals surface area contributed by atoms with Crippen LogP contribution in [0.4, 0.5) is 0 Å². The molecule has 2 heteroatoms. The van der Waals surface area contributed by atoms with Gasteiger partial charge < -0.3 is 4.42 Å². The van der Waals surface area contributed by atoms with E-state index in [1.165, 1.54) is 11.1 Å². The fourth-order valence-corrected chi connectivity index (χ4v) is 2.39. The van der Waals surface area contributed by atoms with E-state index in [0.29, 0.717) is 5.89 Å². The number of hydrogen-bond donors (Lipinski definition) is 0. The lowest BCUT2D eigenvalue weighted by Gasteiger charge is -2.06. The van der Waals surface area contributed by atoms with Crippen molar-refractivity contribution in [3.05, 3.63) is 66.2 Å². The SMILES string of the molecule is C=CCc1cc(CC)ccc1-c1nc2ccccc2o1. The highest BCUT2D eigenvalue weighted by molar-refractivity contribution is 5.76. The van der Waals surface area contributed by atoms with Crippen LogP contribution in [-0.4, -0.2) is 4.98 Å². The number of fused-ring (bicyclic) bond motifs is 1. The van der Waals surface area contributed by atoms with E-state index in [0.717, 1.165) is 29.5 Å². The zero-order chi connectivity index (χ0) is 13.9. The average Bonchev–Trinajstić information content (AvgIpc) is 2.91. The highest BCUT2D eigenvalue weighted by Crippen LogP contribution is 2.28. The van der Waals surface area contributed by atoms with Gasteiger partial charge in [-0.05, 0) is 42.2 Å². The van der Waals surface area contributed by atoms with E-state index in [-0.39, 0.29) is 0 Å². The van der Waals surface area contributed by atoms with Crippen molar-refractivity contribution in [2.24, 2.45) is 0 Å². The quantitative estimate of drug-likeness (QED) is 0.633. The molecule has 0 N–H and O–H groups in total. The second kappa shape index (κ2) is 5.33. The van der Waals surface area contributed by atoms with Gasteiger partial charge in [-0.3, -0.25) is 0 Å². The standard InChI is InChI=1S/C18H17NO/c1-3-7-14-12-13(4-2)10-11-15(14)18-19-16-8-5-6-9-17(16)20-18/h3,5-6,8-12H,1,4,7H2,2H3.